The lowest BCUT2D eigenvalue weighted by molar-refractivity contribution is 0.399. The highest BCUT2D eigenvalue weighted by Crippen LogP contribution is 2.14. The fourth-order valence-corrected chi connectivity index (χ4v) is 1.64. The summed E-state index contributed by atoms with van der Waals surface area (Å²) in [5, 5.41) is 5.89. The molecule has 0 spiro atoms. The van der Waals surface area contributed by atoms with Gasteiger partial charge in [-0.2, -0.15) is 0 Å². The third-order valence-corrected chi connectivity index (χ3v) is 2.03. The van der Waals surface area contributed by atoms with Crippen LogP contribution in [0.3, 0.4) is 0 Å². The van der Waals surface area contributed by atoms with Gasteiger partial charge in [-0.25, -0.2) is 0 Å². The Morgan fingerprint density at radius 2 is 2.44 bits per heavy atom. The van der Waals surface area contributed by atoms with Crippen LogP contribution in [0.5, 0.6) is 0 Å². The molecule has 3 heteroatoms. The Morgan fingerprint density at radius 3 is 2.89 bits per heavy atom. The number of nitrogens with zero attached hydrogens (tertiary/aromatic N) is 1. The van der Waals surface area contributed by atoms with Gasteiger partial charge >= 0.3 is 0 Å². The van der Waals surface area contributed by atoms with Crippen LogP contribution in [0.15, 0.2) is 11.6 Å². The predicted molar refractivity (Wildman–Crippen MR) is 42.2 cm³/mol. The summed E-state index contributed by atoms with van der Waals surface area (Å²) in [4.78, 5) is 2.18. The van der Waals surface area contributed by atoms with Crippen LogP contribution in [0.4, 0.5) is 0 Å². The van der Waals surface area contributed by atoms with Gasteiger partial charge in [0.1, 0.15) is 0 Å². The fourth-order valence-electron chi connectivity index (χ4n) is 0.747. The van der Waals surface area contributed by atoms with Gasteiger partial charge in [-0.05, 0) is 19.5 Å². The van der Waals surface area contributed by atoms with Crippen LogP contribution in [-0.2, 0) is 0 Å². The second kappa shape index (κ2) is 3.13. The predicted octanol–water partition coefficient (Wildman–Crippen LogP) is 0.682. The summed E-state index contributed by atoms with van der Waals surface area (Å²) < 4.78 is 0. The summed E-state index contributed by atoms with van der Waals surface area (Å²) in [6.07, 6.45) is 2.00. The SMILES string of the molecule is CN(C)CC1NC=CS1. The van der Waals surface area contributed by atoms with Crippen molar-refractivity contribution in [3.8, 4) is 0 Å². The lowest BCUT2D eigenvalue weighted by Crippen LogP contribution is -2.29. The van der Waals surface area contributed by atoms with Crippen LogP contribution in [0.1, 0.15) is 0 Å². The second-order valence-electron chi connectivity index (χ2n) is 2.36. The molecule has 0 saturated heterocycles. The first-order chi connectivity index (χ1) is 4.29. The number of likely N-dealkylation sites (N-methyl/N-ethyl adjacent to an activating group) is 1. The molecule has 1 aliphatic heterocycles. The second-order valence-corrected chi connectivity index (χ2v) is 3.47. The monoisotopic (exact) mass is 144 g/mol. The average Bonchev–Trinajstić information content (AvgIpc) is 2.15. The molecule has 1 N–H and O–H groups in total. The Labute approximate surface area is 60.3 Å². The molecule has 1 unspecified atom stereocenters. The topological polar surface area (TPSA) is 15.3 Å². The van der Waals surface area contributed by atoms with Crippen molar-refractivity contribution in [3.05, 3.63) is 11.6 Å². The van der Waals surface area contributed by atoms with Gasteiger partial charge in [-0.15, -0.1) is 11.8 Å². The molecule has 0 radical (unpaired) electrons. The van der Waals surface area contributed by atoms with Crippen molar-refractivity contribution < 1.29 is 0 Å². The summed E-state index contributed by atoms with van der Waals surface area (Å²) in [6, 6.07) is 0. The quantitative estimate of drug-likeness (QED) is 0.613. The van der Waals surface area contributed by atoms with E-state index >= 15 is 0 Å². The van der Waals surface area contributed by atoms with E-state index in [0.29, 0.717) is 5.37 Å². The molecule has 0 aliphatic carbocycles. The van der Waals surface area contributed by atoms with E-state index in [1.54, 1.807) is 0 Å². The third kappa shape index (κ3) is 2.28. The van der Waals surface area contributed by atoms with Gasteiger partial charge in [0.2, 0.25) is 0 Å². The highest BCUT2D eigenvalue weighted by atomic mass is 32.2. The molecule has 0 aromatic heterocycles. The van der Waals surface area contributed by atoms with Gasteiger partial charge in [0, 0.05) is 12.7 Å². The van der Waals surface area contributed by atoms with Gasteiger partial charge in [0.15, 0.2) is 0 Å². The molecule has 1 rings (SSSR count). The minimum absolute atomic E-state index is 0.569. The molecule has 52 valence electrons. The van der Waals surface area contributed by atoms with E-state index in [9.17, 15) is 0 Å². The zero-order valence-corrected chi connectivity index (χ0v) is 6.61. The lowest BCUT2D eigenvalue weighted by Gasteiger charge is -2.15. The van der Waals surface area contributed by atoms with Crippen LogP contribution in [0, 0.1) is 0 Å². The Kier molecular flexibility index (Phi) is 2.42. The fraction of sp³-hybridized carbons (Fsp3) is 0.667. The Balaban J connectivity index is 2.14. The van der Waals surface area contributed by atoms with Crippen LogP contribution >= 0.6 is 11.8 Å². The number of hydrogen-bond acceptors (Lipinski definition) is 3. The highest BCUT2D eigenvalue weighted by Gasteiger charge is 2.09. The Bertz CT molecular complexity index is 104. The molecule has 0 saturated carbocycles. The summed E-state index contributed by atoms with van der Waals surface area (Å²) in [7, 11) is 4.17. The largest absolute Gasteiger partial charge is 0.377 e. The first-order valence-corrected chi connectivity index (χ1v) is 3.94. The van der Waals surface area contributed by atoms with Gasteiger partial charge in [-0.1, -0.05) is 0 Å². The molecule has 1 aliphatic rings. The highest BCUT2D eigenvalue weighted by molar-refractivity contribution is 8.02. The first-order valence-electron chi connectivity index (χ1n) is 3.00. The van der Waals surface area contributed by atoms with Gasteiger partial charge in [0.05, 0.1) is 5.37 Å². The van der Waals surface area contributed by atoms with E-state index in [1.165, 1.54) is 0 Å². The molecule has 1 heterocycles. The van der Waals surface area contributed by atoms with Crippen LogP contribution in [0.2, 0.25) is 0 Å². The normalized spacial score (nSPS) is 25.0. The van der Waals surface area contributed by atoms with E-state index in [2.05, 4.69) is 29.7 Å². The maximum Gasteiger partial charge on any atom is 0.0886 e. The van der Waals surface area contributed by atoms with Crippen molar-refractivity contribution in [3.63, 3.8) is 0 Å². The van der Waals surface area contributed by atoms with Crippen LogP contribution in [-0.4, -0.2) is 30.9 Å². The van der Waals surface area contributed by atoms with Gasteiger partial charge in [-0.3, -0.25) is 0 Å². The molecule has 1 atom stereocenters. The zero-order valence-electron chi connectivity index (χ0n) is 5.79. The van der Waals surface area contributed by atoms with Crippen molar-refractivity contribution >= 4 is 11.8 Å². The maximum atomic E-state index is 3.23. The molecular weight excluding hydrogens is 132 g/mol. The smallest absolute Gasteiger partial charge is 0.0886 e. The maximum absolute atomic E-state index is 3.23. The number of nitrogens with one attached hydrogen (secondary N) is 1. The Hall–Kier alpha value is -0.150. The number of thioether (sulfide) groups is 1. The third-order valence-electron chi connectivity index (χ3n) is 1.12. The number of rotatable bonds is 2. The minimum atomic E-state index is 0.569. The van der Waals surface area contributed by atoms with Crippen LogP contribution < -0.4 is 5.32 Å². The van der Waals surface area contributed by atoms with E-state index in [4.69, 9.17) is 0 Å². The van der Waals surface area contributed by atoms with Crippen molar-refractivity contribution in [2.24, 2.45) is 0 Å². The van der Waals surface area contributed by atoms with Crippen molar-refractivity contribution in [1.29, 1.82) is 0 Å². The molecular formula is C6H12N2S. The molecule has 0 aromatic carbocycles. The molecule has 0 aromatic rings. The van der Waals surface area contributed by atoms with E-state index in [1.807, 2.05) is 18.0 Å². The van der Waals surface area contributed by atoms with E-state index in [-0.39, 0.29) is 0 Å². The first kappa shape index (κ1) is 6.96. The van der Waals surface area contributed by atoms with E-state index in [0.717, 1.165) is 6.54 Å². The summed E-state index contributed by atoms with van der Waals surface area (Å²) >= 11 is 1.84. The minimum Gasteiger partial charge on any atom is -0.377 e. The lowest BCUT2D eigenvalue weighted by atomic mass is 10.6. The molecule has 0 bridgehead atoms. The molecule has 9 heavy (non-hydrogen) atoms. The van der Waals surface area contributed by atoms with E-state index < -0.39 is 0 Å². The summed E-state index contributed by atoms with van der Waals surface area (Å²) in [5.74, 6) is 0. The summed E-state index contributed by atoms with van der Waals surface area (Å²) in [6.45, 7) is 1.09. The molecule has 0 fully saturated rings. The molecule has 0 amide bonds. The van der Waals surface area contributed by atoms with Gasteiger partial charge < -0.3 is 10.2 Å². The van der Waals surface area contributed by atoms with Crippen LogP contribution in [0.25, 0.3) is 0 Å². The standard InChI is InChI=1S/C6H12N2S/c1-8(2)5-6-7-3-4-9-6/h3-4,6-7H,5H2,1-2H3. The Morgan fingerprint density at radius 1 is 1.67 bits per heavy atom. The zero-order chi connectivity index (χ0) is 6.69. The summed E-state index contributed by atoms with van der Waals surface area (Å²) in [5.41, 5.74) is 0. The van der Waals surface area contributed by atoms with Gasteiger partial charge in [0.25, 0.3) is 0 Å². The van der Waals surface area contributed by atoms with Crippen molar-refractivity contribution in [2.45, 2.75) is 5.37 Å². The van der Waals surface area contributed by atoms with Crippen molar-refractivity contribution in [1.82, 2.24) is 10.2 Å². The molecule has 2 nitrogen and oxygen atoms in total. The average molecular weight is 144 g/mol. The number of hydrogen-bond donors (Lipinski definition) is 1. The van der Waals surface area contributed by atoms with Crippen molar-refractivity contribution in [2.75, 3.05) is 20.6 Å².